The van der Waals surface area contributed by atoms with E-state index in [0.29, 0.717) is 5.92 Å². The second-order valence-electron chi connectivity index (χ2n) is 2.45. The number of hydrogen-bond donors (Lipinski definition) is 0. The van der Waals surface area contributed by atoms with E-state index in [1.54, 1.807) is 11.3 Å². The van der Waals surface area contributed by atoms with E-state index < -0.39 is 0 Å². The molecule has 0 radical (unpaired) electrons. The van der Waals surface area contributed by atoms with Crippen LogP contribution in [0, 0.1) is 6.92 Å². The fourth-order valence-corrected chi connectivity index (χ4v) is 1.42. The van der Waals surface area contributed by atoms with E-state index in [-0.39, 0.29) is 7.43 Å². The molecule has 1 aromatic rings. The zero-order chi connectivity index (χ0) is 6.85. The summed E-state index contributed by atoms with van der Waals surface area (Å²) in [5, 5.41) is 3.29. The minimum absolute atomic E-state index is 0. The molecule has 0 aromatic carbocycles. The second kappa shape index (κ2) is 3.71. The lowest BCUT2D eigenvalue weighted by atomic mass is 10.2. The lowest BCUT2D eigenvalue weighted by molar-refractivity contribution is 0.829. The van der Waals surface area contributed by atoms with Crippen LogP contribution in [0.1, 0.15) is 37.9 Å². The average Bonchev–Trinajstić information content (AvgIpc) is 2.14. The van der Waals surface area contributed by atoms with Gasteiger partial charge >= 0.3 is 0 Å². The van der Waals surface area contributed by atoms with Gasteiger partial charge in [0.25, 0.3) is 0 Å². The van der Waals surface area contributed by atoms with Gasteiger partial charge in [-0.2, -0.15) is 0 Å². The molecule has 1 nitrogen and oxygen atoms in total. The Morgan fingerprint density at radius 2 is 2.10 bits per heavy atom. The first-order valence-electron chi connectivity index (χ1n) is 3.12. The molecule has 0 spiro atoms. The third kappa shape index (κ3) is 2.10. The maximum atomic E-state index is 4.33. The van der Waals surface area contributed by atoms with Gasteiger partial charge in [-0.15, -0.1) is 11.3 Å². The lowest BCUT2D eigenvalue weighted by Crippen LogP contribution is -1.85. The molecule has 58 valence electrons. The van der Waals surface area contributed by atoms with Crippen LogP contribution in [0.5, 0.6) is 0 Å². The Morgan fingerprint density at radius 1 is 1.50 bits per heavy atom. The van der Waals surface area contributed by atoms with Crippen LogP contribution >= 0.6 is 11.3 Å². The fourth-order valence-electron chi connectivity index (χ4n) is 0.645. The molecular formula is C8H15NS. The fraction of sp³-hybridized carbons (Fsp3) is 0.625. The van der Waals surface area contributed by atoms with Gasteiger partial charge in [0.1, 0.15) is 0 Å². The van der Waals surface area contributed by atoms with Crippen molar-refractivity contribution >= 4 is 11.3 Å². The zero-order valence-corrected chi connectivity index (χ0v) is 6.83. The van der Waals surface area contributed by atoms with Gasteiger partial charge in [-0.3, -0.25) is 0 Å². The van der Waals surface area contributed by atoms with E-state index in [1.807, 2.05) is 6.92 Å². The topological polar surface area (TPSA) is 12.9 Å². The molecule has 1 rings (SSSR count). The van der Waals surface area contributed by atoms with Gasteiger partial charge in [0.15, 0.2) is 0 Å². The van der Waals surface area contributed by atoms with Crippen molar-refractivity contribution < 1.29 is 0 Å². The summed E-state index contributed by atoms with van der Waals surface area (Å²) in [4.78, 5) is 4.33. The molecule has 0 fully saturated rings. The van der Waals surface area contributed by atoms with Crippen molar-refractivity contribution in [3.63, 3.8) is 0 Å². The molecule has 0 aliphatic rings. The van der Waals surface area contributed by atoms with Crippen LogP contribution in [0.15, 0.2) is 5.38 Å². The Bertz CT molecular complexity index is 191. The van der Waals surface area contributed by atoms with Gasteiger partial charge in [0.05, 0.1) is 10.7 Å². The lowest BCUT2D eigenvalue weighted by Gasteiger charge is -1.95. The molecule has 1 aromatic heterocycles. The summed E-state index contributed by atoms with van der Waals surface area (Å²) >= 11 is 1.72. The Balaban J connectivity index is 0.000000810. The second-order valence-corrected chi connectivity index (χ2v) is 3.51. The first-order chi connectivity index (χ1) is 4.20. The highest BCUT2D eigenvalue weighted by Crippen LogP contribution is 2.16. The molecule has 0 unspecified atom stereocenters. The van der Waals surface area contributed by atoms with Crippen LogP contribution in [-0.2, 0) is 0 Å². The van der Waals surface area contributed by atoms with Crippen LogP contribution in [0.3, 0.4) is 0 Å². The molecule has 0 aliphatic carbocycles. The van der Waals surface area contributed by atoms with E-state index in [1.165, 1.54) is 10.7 Å². The van der Waals surface area contributed by atoms with Crippen LogP contribution in [0.2, 0.25) is 0 Å². The summed E-state index contributed by atoms with van der Waals surface area (Å²) in [5.74, 6) is 0.579. The van der Waals surface area contributed by atoms with Crippen LogP contribution in [-0.4, -0.2) is 4.98 Å². The standard InChI is InChI=1S/C7H11NS.CH4/c1-5(2)7-4-9-6(3)8-7;/h4-5H,1-3H3;1H4. The predicted octanol–water partition coefficient (Wildman–Crippen LogP) is 3.21. The van der Waals surface area contributed by atoms with E-state index in [2.05, 4.69) is 24.2 Å². The van der Waals surface area contributed by atoms with Crippen LogP contribution in [0.25, 0.3) is 0 Å². The molecule has 0 aliphatic heterocycles. The molecule has 0 saturated carbocycles. The average molecular weight is 157 g/mol. The Labute approximate surface area is 67.1 Å². The maximum Gasteiger partial charge on any atom is 0.0897 e. The van der Waals surface area contributed by atoms with Crippen molar-refractivity contribution in [2.45, 2.75) is 34.1 Å². The Kier molecular flexibility index (Phi) is 3.58. The summed E-state index contributed by atoms with van der Waals surface area (Å²) in [6.07, 6.45) is 0. The molecule has 1 heterocycles. The van der Waals surface area contributed by atoms with Crippen LogP contribution < -0.4 is 0 Å². The zero-order valence-electron chi connectivity index (χ0n) is 6.01. The van der Waals surface area contributed by atoms with Crippen molar-refractivity contribution in [2.24, 2.45) is 0 Å². The summed E-state index contributed by atoms with van der Waals surface area (Å²) < 4.78 is 0. The van der Waals surface area contributed by atoms with E-state index in [9.17, 15) is 0 Å². The number of rotatable bonds is 1. The molecule has 0 bridgehead atoms. The number of hydrogen-bond acceptors (Lipinski definition) is 2. The van der Waals surface area contributed by atoms with Gasteiger partial charge in [-0.05, 0) is 12.8 Å². The SMILES string of the molecule is C.Cc1nc(C(C)C)cs1. The molecule has 2 heteroatoms. The van der Waals surface area contributed by atoms with Crippen molar-refractivity contribution in [1.82, 2.24) is 4.98 Å². The molecular weight excluding hydrogens is 142 g/mol. The highest BCUT2D eigenvalue weighted by molar-refractivity contribution is 7.09. The minimum Gasteiger partial charge on any atom is -0.246 e. The molecule has 0 N–H and O–H groups in total. The van der Waals surface area contributed by atoms with Gasteiger partial charge in [0, 0.05) is 5.38 Å². The number of thiazole rings is 1. The minimum atomic E-state index is 0. The summed E-state index contributed by atoms with van der Waals surface area (Å²) in [5.41, 5.74) is 1.22. The Hall–Kier alpha value is -0.370. The quantitative estimate of drug-likeness (QED) is 0.610. The van der Waals surface area contributed by atoms with Crippen LogP contribution in [0.4, 0.5) is 0 Å². The van der Waals surface area contributed by atoms with E-state index in [4.69, 9.17) is 0 Å². The first-order valence-corrected chi connectivity index (χ1v) is 4.00. The summed E-state index contributed by atoms with van der Waals surface area (Å²) in [7, 11) is 0. The summed E-state index contributed by atoms with van der Waals surface area (Å²) in [6, 6.07) is 0. The maximum absolute atomic E-state index is 4.33. The van der Waals surface area contributed by atoms with Gasteiger partial charge in [0.2, 0.25) is 0 Å². The van der Waals surface area contributed by atoms with E-state index >= 15 is 0 Å². The highest BCUT2D eigenvalue weighted by atomic mass is 32.1. The largest absolute Gasteiger partial charge is 0.246 e. The Morgan fingerprint density at radius 3 is 2.30 bits per heavy atom. The van der Waals surface area contributed by atoms with Gasteiger partial charge in [-0.1, -0.05) is 21.3 Å². The number of nitrogens with zero attached hydrogens (tertiary/aromatic N) is 1. The van der Waals surface area contributed by atoms with E-state index in [0.717, 1.165) is 0 Å². The third-order valence-electron chi connectivity index (χ3n) is 1.23. The monoisotopic (exact) mass is 157 g/mol. The van der Waals surface area contributed by atoms with Gasteiger partial charge in [-0.25, -0.2) is 4.98 Å². The number of aryl methyl sites for hydroxylation is 1. The van der Waals surface area contributed by atoms with Crippen molar-refractivity contribution in [1.29, 1.82) is 0 Å². The molecule has 0 atom stereocenters. The number of aromatic nitrogens is 1. The smallest absolute Gasteiger partial charge is 0.0897 e. The van der Waals surface area contributed by atoms with Crippen molar-refractivity contribution in [2.75, 3.05) is 0 Å². The van der Waals surface area contributed by atoms with Crippen molar-refractivity contribution in [3.05, 3.63) is 16.1 Å². The predicted molar refractivity (Wildman–Crippen MR) is 47.7 cm³/mol. The first kappa shape index (κ1) is 9.63. The molecule has 0 saturated heterocycles. The third-order valence-corrected chi connectivity index (χ3v) is 2.02. The summed E-state index contributed by atoms with van der Waals surface area (Å²) in [6.45, 7) is 6.36. The van der Waals surface area contributed by atoms with Gasteiger partial charge < -0.3 is 0 Å². The molecule has 0 amide bonds. The molecule has 10 heavy (non-hydrogen) atoms. The highest BCUT2D eigenvalue weighted by Gasteiger charge is 2.00. The van der Waals surface area contributed by atoms with Crippen molar-refractivity contribution in [3.8, 4) is 0 Å². The normalized spacial score (nSPS) is 9.60.